The first-order chi connectivity index (χ1) is 19.7. The molecular formula is C38H29NS. The van der Waals surface area contributed by atoms with Gasteiger partial charge in [-0.2, -0.15) is 0 Å². The molecule has 2 heterocycles. The number of nitrogens with zero attached hydrogens (tertiary/aromatic N) is 1. The molecule has 8 rings (SSSR count). The molecule has 40 heavy (non-hydrogen) atoms. The molecule has 2 aliphatic carbocycles. The zero-order valence-electron chi connectivity index (χ0n) is 22.7. The molecule has 0 spiro atoms. The third-order valence-electron chi connectivity index (χ3n) is 8.69. The van der Waals surface area contributed by atoms with Crippen molar-refractivity contribution in [3.05, 3.63) is 136 Å². The van der Waals surface area contributed by atoms with Gasteiger partial charge < -0.3 is 0 Å². The van der Waals surface area contributed by atoms with Crippen LogP contribution in [0, 0.1) is 11.8 Å². The highest BCUT2D eigenvalue weighted by molar-refractivity contribution is 7.20. The van der Waals surface area contributed by atoms with Gasteiger partial charge in [0.15, 0.2) is 0 Å². The summed E-state index contributed by atoms with van der Waals surface area (Å²) < 4.78 is 1.31. The first-order valence-corrected chi connectivity index (χ1v) is 15.0. The highest BCUT2D eigenvalue weighted by Crippen LogP contribution is 2.53. The normalized spacial score (nSPS) is 19.0. The summed E-state index contributed by atoms with van der Waals surface area (Å²) in [7, 11) is 0. The molecule has 0 fully saturated rings. The maximum Gasteiger partial charge on any atom is 0.0782 e. The van der Waals surface area contributed by atoms with Crippen LogP contribution in [0.25, 0.3) is 54.7 Å². The van der Waals surface area contributed by atoms with Crippen molar-refractivity contribution in [1.82, 2.24) is 0 Å². The van der Waals surface area contributed by atoms with Crippen molar-refractivity contribution in [2.75, 3.05) is 0 Å². The van der Waals surface area contributed by atoms with Gasteiger partial charge in [-0.05, 0) is 69.5 Å². The summed E-state index contributed by atoms with van der Waals surface area (Å²) in [4.78, 5) is 6.71. The van der Waals surface area contributed by atoms with Crippen molar-refractivity contribution in [3.8, 4) is 33.4 Å². The molecule has 1 nitrogen and oxygen atoms in total. The first-order valence-electron chi connectivity index (χ1n) is 14.2. The molecule has 3 aliphatic rings. The smallest absolute Gasteiger partial charge is 0.0782 e. The van der Waals surface area contributed by atoms with Crippen molar-refractivity contribution in [2.24, 2.45) is 16.8 Å². The fourth-order valence-electron chi connectivity index (χ4n) is 6.88. The van der Waals surface area contributed by atoms with Crippen LogP contribution in [0.15, 0.2) is 126 Å². The lowest BCUT2D eigenvalue weighted by molar-refractivity contribution is 0.695. The molecule has 0 bridgehead atoms. The van der Waals surface area contributed by atoms with Crippen molar-refractivity contribution >= 4 is 32.7 Å². The van der Waals surface area contributed by atoms with E-state index in [1.807, 2.05) is 11.3 Å². The van der Waals surface area contributed by atoms with Crippen LogP contribution in [0.4, 0.5) is 0 Å². The SMILES string of the molecule is CC1C=C(c2sc3cccc4c3c2-c2ccccc2-c2ccccc2-4)N=c2ccccc2=C1C1=CC=CCC1C. The Bertz CT molecular complexity index is 2070. The van der Waals surface area contributed by atoms with Gasteiger partial charge in [-0.3, -0.25) is 0 Å². The van der Waals surface area contributed by atoms with Crippen molar-refractivity contribution in [3.63, 3.8) is 0 Å². The van der Waals surface area contributed by atoms with E-state index in [2.05, 4.69) is 129 Å². The average molecular weight is 532 g/mol. The molecule has 0 N–H and O–H groups in total. The van der Waals surface area contributed by atoms with E-state index in [0.717, 1.165) is 17.5 Å². The van der Waals surface area contributed by atoms with E-state index in [1.54, 1.807) is 0 Å². The Morgan fingerprint density at radius 2 is 1.40 bits per heavy atom. The van der Waals surface area contributed by atoms with Gasteiger partial charge in [-0.15, -0.1) is 11.3 Å². The van der Waals surface area contributed by atoms with Gasteiger partial charge in [0.1, 0.15) is 0 Å². The molecule has 5 aromatic rings. The zero-order valence-corrected chi connectivity index (χ0v) is 23.5. The predicted octanol–water partition coefficient (Wildman–Crippen LogP) is 9.20. The molecular weight excluding hydrogens is 502 g/mol. The van der Waals surface area contributed by atoms with Gasteiger partial charge >= 0.3 is 0 Å². The lowest BCUT2D eigenvalue weighted by Crippen LogP contribution is -2.29. The van der Waals surface area contributed by atoms with E-state index in [1.165, 1.54) is 64.7 Å². The van der Waals surface area contributed by atoms with Crippen LogP contribution < -0.4 is 10.6 Å². The summed E-state index contributed by atoms with van der Waals surface area (Å²) in [5.41, 5.74) is 11.7. The molecule has 0 amide bonds. The van der Waals surface area contributed by atoms with Gasteiger partial charge in [-0.25, -0.2) is 4.99 Å². The Hall–Kier alpha value is -4.27. The number of hydrogen-bond acceptors (Lipinski definition) is 2. The minimum atomic E-state index is 0.234. The number of para-hydroxylation sites is 1. The minimum absolute atomic E-state index is 0.234. The van der Waals surface area contributed by atoms with Crippen LogP contribution in [-0.2, 0) is 0 Å². The minimum Gasteiger partial charge on any atom is -0.247 e. The van der Waals surface area contributed by atoms with Crippen molar-refractivity contribution < 1.29 is 0 Å². The second-order valence-electron chi connectivity index (χ2n) is 11.1. The lowest BCUT2D eigenvalue weighted by Gasteiger charge is -2.23. The number of fused-ring (bicyclic) bond motifs is 6. The summed E-state index contributed by atoms with van der Waals surface area (Å²) >= 11 is 1.88. The molecule has 0 saturated carbocycles. The summed E-state index contributed by atoms with van der Waals surface area (Å²) in [6.45, 7) is 4.69. The largest absolute Gasteiger partial charge is 0.247 e. The molecule has 1 aromatic heterocycles. The van der Waals surface area contributed by atoms with E-state index >= 15 is 0 Å². The molecule has 4 aromatic carbocycles. The highest BCUT2D eigenvalue weighted by atomic mass is 32.1. The van der Waals surface area contributed by atoms with E-state index in [4.69, 9.17) is 4.99 Å². The summed E-state index contributed by atoms with van der Waals surface area (Å²) in [5, 5.41) is 3.67. The fraction of sp³-hybridized carbons (Fsp3) is 0.132. The Morgan fingerprint density at radius 3 is 2.20 bits per heavy atom. The van der Waals surface area contributed by atoms with Crippen LogP contribution in [0.5, 0.6) is 0 Å². The van der Waals surface area contributed by atoms with E-state index in [-0.39, 0.29) is 5.92 Å². The number of allylic oxidation sites excluding steroid dienone is 5. The number of thiophene rings is 1. The molecule has 0 radical (unpaired) electrons. The highest BCUT2D eigenvalue weighted by Gasteiger charge is 2.28. The van der Waals surface area contributed by atoms with Crippen LogP contribution >= 0.6 is 11.3 Å². The molecule has 2 unspecified atom stereocenters. The Labute approximate surface area is 238 Å². The lowest BCUT2D eigenvalue weighted by atomic mass is 9.81. The Balaban J connectivity index is 1.44. The second-order valence-corrected chi connectivity index (χ2v) is 12.2. The van der Waals surface area contributed by atoms with Crippen LogP contribution in [0.2, 0.25) is 0 Å². The Kier molecular flexibility index (Phi) is 5.40. The van der Waals surface area contributed by atoms with Crippen LogP contribution in [0.1, 0.15) is 25.1 Å². The fourth-order valence-corrected chi connectivity index (χ4v) is 8.09. The monoisotopic (exact) mass is 531 g/mol. The third-order valence-corrected chi connectivity index (χ3v) is 9.87. The van der Waals surface area contributed by atoms with E-state index in [9.17, 15) is 0 Å². The van der Waals surface area contributed by atoms with Gasteiger partial charge in [0.25, 0.3) is 0 Å². The van der Waals surface area contributed by atoms with Crippen molar-refractivity contribution in [2.45, 2.75) is 20.3 Å². The van der Waals surface area contributed by atoms with Gasteiger partial charge in [-0.1, -0.05) is 111 Å². The predicted molar refractivity (Wildman–Crippen MR) is 170 cm³/mol. The van der Waals surface area contributed by atoms with Gasteiger partial charge in [0, 0.05) is 26.8 Å². The molecule has 0 saturated heterocycles. The van der Waals surface area contributed by atoms with Gasteiger partial charge in [0.2, 0.25) is 0 Å². The van der Waals surface area contributed by atoms with Gasteiger partial charge in [0.05, 0.1) is 15.9 Å². The van der Waals surface area contributed by atoms with Crippen LogP contribution in [0.3, 0.4) is 0 Å². The maximum absolute atomic E-state index is 5.45. The molecule has 1 aliphatic heterocycles. The van der Waals surface area contributed by atoms with Crippen molar-refractivity contribution in [1.29, 1.82) is 0 Å². The number of hydrogen-bond donors (Lipinski definition) is 0. The average Bonchev–Trinajstić information content (AvgIpc) is 3.24. The topological polar surface area (TPSA) is 12.4 Å². The summed E-state index contributed by atoms with van der Waals surface area (Å²) in [6, 6.07) is 33.3. The van der Waals surface area contributed by atoms with Crippen LogP contribution in [-0.4, -0.2) is 0 Å². The molecule has 192 valence electrons. The molecule has 2 heteroatoms. The van der Waals surface area contributed by atoms with E-state index in [0.29, 0.717) is 5.92 Å². The zero-order chi connectivity index (χ0) is 26.8. The number of rotatable bonds is 2. The first kappa shape index (κ1) is 23.6. The van der Waals surface area contributed by atoms with E-state index < -0.39 is 0 Å². The Morgan fingerprint density at radius 1 is 0.725 bits per heavy atom. The quantitative estimate of drug-likeness (QED) is 0.211. The standard InChI is InChI=1S/C38H29NS/c1-23-12-3-4-13-25(23)35-24(2)22-33(39-32-20-10-9-18-31(32)35)38-37-30-17-8-7-16-28(30)26-14-5-6-15-27(26)29-19-11-21-34(40-38)36(29)37/h3-11,13-24H,12H2,1-2H3. The third kappa shape index (κ3) is 3.49. The summed E-state index contributed by atoms with van der Waals surface area (Å²) in [6.07, 6.45) is 10.3. The molecule has 2 atom stereocenters. The maximum atomic E-state index is 5.45. The summed E-state index contributed by atoms with van der Waals surface area (Å²) in [5.74, 6) is 0.727. The number of benzene rings is 4. The second kappa shape index (κ2) is 9.15.